The lowest BCUT2D eigenvalue weighted by Crippen LogP contribution is -2.65. The van der Waals surface area contributed by atoms with Crippen molar-refractivity contribution in [1.82, 2.24) is 0 Å². The fourth-order valence-electron chi connectivity index (χ4n) is 13.2. The van der Waals surface area contributed by atoms with Crippen molar-refractivity contribution in [2.45, 2.75) is 171 Å². The average molecular weight is 741 g/mol. The fourth-order valence-corrected chi connectivity index (χ4v) is 13.2. The van der Waals surface area contributed by atoms with Crippen LogP contribution in [0.2, 0.25) is 0 Å². The van der Waals surface area contributed by atoms with E-state index in [4.69, 9.17) is 28.4 Å². The molecule has 0 aromatic carbocycles. The van der Waals surface area contributed by atoms with Crippen molar-refractivity contribution in [3.8, 4) is 0 Å². The highest BCUT2D eigenvalue weighted by atomic mass is 16.7. The van der Waals surface area contributed by atoms with Gasteiger partial charge in [-0.3, -0.25) is 0 Å². The van der Waals surface area contributed by atoms with E-state index in [0.29, 0.717) is 41.4 Å². The van der Waals surface area contributed by atoms with Crippen LogP contribution in [0, 0.1) is 52.3 Å². The number of fused-ring (bicyclic) bond motifs is 7. The second-order valence-corrected chi connectivity index (χ2v) is 18.7. The molecule has 0 radical (unpaired) electrons. The molecule has 8 fully saturated rings. The second kappa shape index (κ2) is 14.1. The normalized spacial score (nSPS) is 59.0. The molecule has 4 saturated heterocycles. The highest BCUT2D eigenvalue weighted by Crippen LogP contribution is 2.71. The SMILES string of the molecule is CC1CC[C@@]2(OC1)O[C@H]1C[C@H]3[C@@H]4CCC5CC(O[C@@H]6O[C@H](CO)[C@@H](O[C@@H]7O[C@H](CO)[C@@H](O)[C@H](O)[C@H]7O)[C@H](O)[C@H]6O)CC[C@]5(C)[C@H]4CC[C@]3(C)[C@H]1[C@@H]2C. The van der Waals surface area contributed by atoms with Gasteiger partial charge in [0.1, 0.15) is 48.8 Å². The zero-order chi connectivity index (χ0) is 36.9. The van der Waals surface area contributed by atoms with Gasteiger partial charge in [-0.1, -0.05) is 27.7 Å². The lowest BCUT2D eigenvalue weighted by atomic mass is 9.44. The van der Waals surface area contributed by atoms with Crippen molar-refractivity contribution < 1.29 is 64.2 Å². The number of ether oxygens (including phenoxy) is 6. The third-order valence-corrected chi connectivity index (χ3v) is 16.2. The molecule has 8 aliphatic rings. The van der Waals surface area contributed by atoms with Crippen LogP contribution in [0.15, 0.2) is 0 Å². The first kappa shape index (κ1) is 38.4. The Hall–Kier alpha value is -0.520. The molecule has 298 valence electrons. The van der Waals surface area contributed by atoms with Crippen LogP contribution in [-0.2, 0) is 28.4 Å². The van der Waals surface area contributed by atoms with E-state index >= 15 is 0 Å². The zero-order valence-electron chi connectivity index (χ0n) is 31.2. The molecule has 4 heterocycles. The maximum absolute atomic E-state index is 11.2. The first-order valence-electron chi connectivity index (χ1n) is 20.3. The van der Waals surface area contributed by atoms with E-state index in [9.17, 15) is 35.7 Å². The molecule has 4 saturated carbocycles. The van der Waals surface area contributed by atoms with E-state index in [1.807, 2.05) is 0 Å². The Bertz CT molecular complexity index is 1260. The van der Waals surface area contributed by atoms with Crippen LogP contribution in [0.5, 0.6) is 0 Å². The van der Waals surface area contributed by atoms with Crippen LogP contribution in [0.25, 0.3) is 0 Å². The monoisotopic (exact) mass is 740 g/mol. The summed E-state index contributed by atoms with van der Waals surface area (Å²) in [6.45, 7) is 9.33. The quantitative estimate of drug-likeness (QED) is 0.194. The topological polar surface area (TPSA) is 197 Å². The van der Waals surface area contributed by atoms with Crippen molar-refractivity contribution in [3.63, 3.8) is 0 Å². The van der Waals surface area contributed by atoms with E-state index in [0.717, 1.165) is 45.1 Å². The van der Waals surface area contributed by atoms with E-state index < -0.39 is 80.4 Å². The minimum Gasteiger partial charge on any atom is -0.394 e. The molecule has 0 aromatic rings. The molecular formula is C39H64O13. The summed E-state index contributed by atoms with van der Waals surface area (Å²) in [5, 5.41) is 72.8. The van der Waals surface area contributed by atoms with Crippen LogP contribution >= 0.6 is 0 Å². The van der Waals surface area contributed by atoms with Gasteiger partial charge in [0, 0.05) is 12.3 Å². The molecular weight excluding hydrogens is 676 g/mol. The maximum Gasteiger partial charge on any atom is 0.187 e. The molecule has 52 heavy (non-hydrogen) atoms. The largest absolute Gasteiger partial charge is 0.394 e. The van der Waals surface area contributed by atoms with E-state index in [-0.39, 0.29) is 23.0 Å². The summed E-state index contributed by atoms with van der Waals surface area (Å²) >= 11 is 0. The van der Waals surface area contributed by atoms with Crippen molar-refractivity contribution in [1.29, 1.82) is 0 Å². The molecule has 22 atom stereocenters. The summed E-state index contributed by atoms with van der Waals surface area (Å²) in [5.74, 6) is 3.63. The molecule has 4 aliphatic heterocycles. The van der Waals surface area contributed by atoms with Crippen molar-refractivity contribution >= 4 is 0 Å². The van der Waals surface area contributed by atoms with Gasteiger partial charge in [-0.2, -0.15) is 0 Å². The van der Waals surface area contributed by atoms with E-state index in [2.05, 4.69) is 27.7 Å². The predicted molar refractivity (Wildman–Crippen MR) is 183 cm³/mol. The van der Waals surface area contributed by atoms with Gasteiger partial charge in [0.25, 0.3) is 0 Å². The van der Waals surface area contributed by atoms with Crippen LogP contribution in [0.1, 0.15) is 91.9 Å². The predicted octanol–water partition coefficient (Wildman–Crippen LogP) is 1.44. The summed E-state index contributed by atoms with van der Waals surface area (Å²) in [7, 11) is 0. The van der Waals surface area contributed by atoms with E-state index in [1.54, 1.807) is 0 Å². The standard InChI is InChI=1S/C39H64O13/c1-18-7-12-39(47-17-18)19(2)28-25(52-39)14-24-22-6-5-20-13-21(8-10-37(20,3)23(22)9-11-38(24,28)4)48-35-33(46)31(44)34(27(16-41)50-35)51-36-32(45)30(43)29(42)26(15-40)49-36/h18-36,40-46H,5-17H2,1-4H3/t18?,19-,20?,21?,22+,23-,24-,25-,26+,27+,28-,29+,30-,31+,32+,33+,34+,35+,36-,37-,38-,39+/m0/s1. The van der Waals surface area contributed by atoms with Crippen LogP contribution in [-0.4, -0.2) is 135 Å². The van der Waals surface area contributed by atoms with Crippen LogP contribution in [0.3, 0.4) is 0 Å². The van der Waals surface area contributed by atoms with Crippen molar-refractivity contribution in [2.75, 3.05) is 19.8 Å². The molecule has 1 spiro atoms. The minimum atomic E-state index is -1.71. The molecule has 7 N–H and O–H groups in total. The summed E-state index contributed by atoms with van der Waals surface area (Å²) < 4.78 is 37.0. The number of hydrogen-bond donors (Lipinski definition) is 7. The first-order chi connectivity index (χ1) is 24.7. The molecule has 0 bridgehead atoms. The smallest absolute Gasteiger partial charge is 0.187 e. The summed E-state index contributed by atoms with van der Waals surface area (Å²) in [6, 6.07) is 0. The highest BCUT2D eigenvalue weighted by Gasteiger charge is 2.69. The minimum absolute atomic E-state index is 0.188. The second-order valence-electron chi connectivity index (χ2n) is 18.7. The molecule has 0 amide bonds. The Morgan fingerprint density at radius 1 is 0.673 bits per heavy atom. The Morgan fingerprint density at radius 3 is 2.08 bits per heavy atom. The van der Waals surface area contributed by atoms with Gasteiger partial charge < -0.3 is 64.2 Å². The van der Waals surface area contributed by atoms with Gasteiger partial charge in [0.2, 0.25) is 0 Å². The number of hydrogen-bond acceptors (Lipinski definition) is 13. The van der Waals surface area contributed by atoms with Gasteiger partial charge in [0.05, 0.1) is 32.0 Å². The van der Waals surface area contributed by atoms with Gasteiger partial charge >= 0.3 is 0 Å². The number of aliphatic hydroxyl groups excluding tert-OH is 7. The Kier molecular flexibility index (Phi) is 10.4. The fraction of sp³-hybridized carbons (Fsp3) is 1.00. The highest BCUT2D eigenvalue weighted by molar-refractivity contribution is 5.15. The Morgan fingerprint density at radius 2 is 1.37 bits per heavy atom. The average Bonchev–Trinajstić information content (AvgIpc) is 3.58. The molecule has 8 rings (SSSR count). The van der Waals surface area contributed by atoms with Gasteiger partial charge in [0.15, 0.2) is 18.4 Å². The van der Waals surface area contributed by atoms with Gasteiger partial charge in [-0.25, -0.2) is 0 Å². The molecule has 0 aromatic heterocycles. The zero-order valence-corrected chi connectivity index (χ0v) is 31.2. The molecule has 3 unspecified atom stereocenters. The first-order valence-corrected chi connectivity index (χ1v) is 20.3. The van der Waals surface area contributed by atoms with Crippen molar-refractivity contribution in [3.05, 3.63) is 0 Å². The lowest BCUT2D eigenvalue weighted by molar-refractivity contribution is -0.364. The molecule has 13 nitrogen and oxygen atoms in total. The lowest BCUT2D eigenvalue weighted by Gasteiger charge is -2.61. The van der Waals surface area contributed by atoms with Crippen LogP contribution < -0.4 is 0 Å². The number of rotatable bonds is 6. The summed E-state index contributed by atoms with van der Waals surface area (Å²) in [4.78, 5) is 0. The third kappa shape index (κ3) is 5.98. The third-order valence-electron chi connectivity index (χ3n) is 16.2. The summed E-state index contributed by atoms with van der Waals surface area (Å²) in [5.41, 5.74) is 0.468. The van der Waals surface area contributed by atoms with Crippen molar-refractivity contribution in [2.24, 2.45) is 52.3 Å². The van der Waals surface area contributed by atoms with Gasteiger partial charge in [-0.05, 0) is 104 Å². The Labute approximate surface area is 307 Å². The van der Waals surface area contributed by atoms with E-state index in [1.165, 1.54) is 25.7 Å². The summed E-state index contributed by atoms with van der Waals surface area (Å²) in [6.07, 6.45) is -3.66. The molecule has 13 heteroatoms. The molecule has 4 aliphatic carbocycles. The number of aliphatic hydroxyl groups is 7. The maximum atomic E-state index is 11.2. The van der Waals surface area contributed by atoms with Gasteiger partial charge in [-0.15, -0.1) is 0 Å². The van der Waals surface area contributed by atoms with Crippen LogP contribution in [0.4, 0.5) is 0 Å². The Balaban J connectivity index is 0.892.